The van der Waals surface area contributed by atoms with Crippen molar-refractivity contribution in [2.45, 2.75) is 38.6 Å². The predicted molar refractivity (Wildman–Crippen MR) is 104 cm³/mol. The normalized spacial score (nSPS) is 21.2. The number of carbonyl (C=O) groups excluding carboxylic acids is 2. The van der Waals surface area contributed by atoms with Gasteiger partial charge in [-0.2, -0.15) is 0 Å². The first-order valence-corrected chi connectivity index (χ1v) is 9.54. The molecule has 0 unspecified atom stereocenters. The summed E-state index contributed by atoms with van der Waals surface area (Å²) in [5.41, 5.74) is 1.77. The van der Waals surface area contributed by atoms with Gasteiger partial charge in [0.1, 0.15) is 11.5 Å². The molecular formula is C22H24N2O3. The van der Waals surface area contributed by atoms with Crippen LogP contribution in [0.25, 0.3) is 6.08 Å². The molecule has 2 amide bonds. The van der Waals surface area contributed by atoms with E-state index in [0.29, 0.717) is 24.1 Å². The minimum atomic E-state index is -0.168. The number of carbonyl (C=O) groups is 2. The van der Waals surface area contributed by atoms with E-state index in [2.05, 4.69) is 17.6 Å². The first kappa shape index (κ1) is 17.6. The summed E-state index contributed by atoms with van der Waals surface area (Å²) in [6, 6.07) is 11.4. The zero-order chi connectivity index (χ0) is 18.8. The lowest BCUT2D eigenvalue weighted by atomic mass is 10.2. The number of benzene rings is 1. The van der Waals surface area contributed by atoms with Crippen molar-refractivity contribution < 1.29 is 14.0 Å². The van der Waals surface area contributed by atoms with Crippen LogP contribution in [-0.2, 0) is 16.1 Å². The molecule has 2 aliphatic rings. The van der Waals surface area contributed by atoms with Crippen LogP contribution in [0.4, 0.5) is 5.69 Å². The maximum atomic E-state index is 12.0. The van der Waals surface area contributed by atoms with Gasteiger partial charge in [0.15, 0.2) is 0 Å². The summed E-state index contributed by atoms with van der Waals surface area (Å²) in [4.78, 5) is 23.7. The minimum absolute atomic E-state index is 0.0958. The average Bonchev–Trinajstić information content (AvgIpc) is 3.59. The summed E-state index contributed by atoms with van der Waals surface area (Å²) in [7, 11) is 0. The smallest absolute Gasteiger partial charge is 0.244 e. The zero-order valence-corrected chi connectivity index (χ0v) is 15.4. The Labute approximate surface area is 158 Å². The fourth-order valence-corrected chi connectivity index (χ4v) is 3.08. The summed E-state index contributed by atoms with van der Waals surface area (Å²) in [6.07, 6.45) is 6.34. The molecule has 2 saturated carbocycles. The monoisotopic (exact) mass is 364 g/mol. The number of nitrogens with one attached hydrogen (secondary N) is 2. The molecule has 2 N–H and O–H groups in total. The molecule has 0 radical (unpaired) electrons. The molecule has 2 fully saturated rings. The third-order valence-corrected chi connectivity index (χ3v) is 5.16. The van der Waals surface area contributed by atoms with Gasteiger partial charge >= 0.3 is 0 Å². The Hall–Kier alpha value is -2.82. The van der Waals surface area contributed by atoms with Crippen LogP contribution in [-0.4, -0.2) is 11.8 Å². The second-order valence-corrected chi connectivity index (χ2v) is 7.57. The predicted octanol–water partition coefficient (Wildman–Crippen LogP) is 4.08. The van der Waals surface area contributed by atoms with E-state index in [-0.39, 0.29) is 17.7 Å². The van der Waals surface area contributed by atoms with Gasteiger partial charge in [0.05, 0.1) is 0 Å². The fourth-order valence-electron chi connectivity index (χ4n) is 3.08. The van der Waals surface area contributed by atoms with Crippen LogP contribution < -0.4 is 10.6 Å². The van der Waals surface area contributed by atoms with E-state index in [1.807, 2.05) is 36.4 Å². The molecule has 5 heteroatoms. The molecule has 27 heavy (non-hydrogen) atoms. The van der Waals surface area contributed by atoms with Gasteiger partial charge in [-0.25, -0.2) is 0 Å². The van der Waals surface area contributed by atoms with E-state index in [9.17, 15) is 9.59 Å². The van der Waals surface area contributed by atoms with Crippen molar-refractivity contribution >= 4 is 23.6 Å². The van der Waals surface area contributed by atoms with Gasteiger partial charge in [-0.3, -0.25) is 9.59 Å². The van der Waals surface area contributed by atoms with Crippen LogP contribution in [0.5, 0.6) is 0 Å². The number of hydrogen-bond acceptors (Lipinski definition) is 3. The highest BCUT2D eigenvalue weighted by molar-refractivity contribution is 5.94. The summed E-state index contributed by atoms with van der Waals surface area (Å²) in [5, 5.41) is 5.76. The van der Waals surface area contributed by atoms with Crippen molar-refractivity contribution in [1.29, 1.82) is 0 Å². The van der Waals surface area contributed by atoms with Gasteiger partial charge in [0.2, 0.25) is 11.8 Å². The van der Waals surface area contributed by atoms with Crippen molar-refractivity contribution in [2.24, 2.45) is 11.8 Å². The SMILES string of the molecule is C[C@H]1C[C@H]1c1ccc(/C=C/C(=O)NCc2ccc(NC(=O)C3CC3)cc2)o1. The van der Waals surface area contributed by atoms with Crippen molar-refractivity contribution in [1.82, 2.24) is 5.32 Å². The molecule has 5 nitrogen and oxygen atoms in total. The number of anilines is 1. The number of hydrogen-bond donors (Lipinski definition) is 2. The molecule has 0 spiro atoms. The molecule has 1 aromatic carbocycles. The topological polar surface area (TPSA) is 71.3 Å². The maximum absolute atomic E-state index is 12.0. The molecule has 4 rings (SSSR count). The van der Waals surface area contributed by atoms with Crippen LogP contribution in [0.2, 0.25) is 0 Å². The Morgan fingerprint density at radius 3 is 2.56 bits per heavy atom. The van der Waals surface area contributed by atoms with Gasteiger partial charge in [-0.1, -0.05) is 19.1 Å². The summed E-state index contributed by atoms with van der Waals surface area (Å²) in [5.74, 6) is 3.07. The maximum Gasteiger partial charge on any atom is 0.244 e. The molecule has 0 aliphatic heterocycles. The Kier molecular flexibility index (Phi) is 4.84. The quantitative estimate of drug-likeness (QED) is 0.727. The third kappa shape index (κ3) is 4.67. The summed E-state index contributed by atoms with van der Waals surface area (Å²) >= 11 is 0. The Bertz CT molecular complexity index is 862. The highest BCUT2D eigenvalue weighted by atomic mass is 16.3. The molecular weight excluding hydrogens is 340 g/mol. The second-order valence-electron chi connectivity index (χ2n) is 7.57. The molecule has 1 aromatic heterocycles. The van der Waals surface area contributed by atoms with Crippen LogP contribution in [0.3, 0.4) is 0 Å². The molecule has 0 bridgehead atoms. The lowest BCUT2D eigenvalue weighted by Gasteiger charge is -2.06. The molecule has 2 aliphatic carbocycles. The molecule has 1 heterocycles. The highest BCUT2D eigenvalue weighted by Gasteiger charge is 2.36. The standard InChI is InChI=1S/C22H24N2O3/c1-14-12-19(14)20-10-8-18(27-20)9-11-21(25)23-13-15-2-6-17(7-3-15)24-22(26)16-4-5-16/h2-3,6-11,14,16,19H,4-5,12-13H2,1H3,(H,23,25)(H,24,26)/b11-9+/t14-,19+/m0/s1. The second kappa shape index (κ2) is 7.43. The van der Waals surface area contributed by atoms with Gasteiger partial charge in [0, 0.05) is 30.1 Å². The third-order valence-electron chi connectivity index (χ3n) is 5.16. The van der Waals surface area contributed by atoms with Crippen LogP contribution in [0, 0.1) is 11.8 Å². The van der Waals surface area contributed by atoms with Gasteiger partial charge in [0.25, 0.3) is 0 Å². The fraction of sp³-hybridized carbons (Fsp3) is 0.364. The average molecular weight is 364 g/mol. The van der Waals surface area contributed by atoms with Gasteiger partial charge in [-0.05, 0) is 61.1 Å². The van der Waals surface area contributed by atoms with Gasteiger partial charge < -0.3 is 15.1 Å². The van der Waals surface area contributed by atoms with Crippen LogP contribution in [0.15, 0.2) is 46.9 Å². The Morgan fingerprint density at radius 1 is 1.15 bits per heavy atom. The van der Waals surface area contributed by atoms with Crippen molar-refractivity contribution in [2.75, 3.05) is 5.32 Å². The van der Waals surface area contributed by atoms with Crippen LogP contribution in [0.1, 0.15) is 49.2 Å². The van der Waals surface area contributed by atoms with E-state index in [4.69, 9.17) is 4.42 Å². The van der Waals surface area contributed by atoms with Crippen LogP contribution >= 0.6 is 0 Å². The summed E-state index contributed by atoms with van der Waals surface area (Å²) < 4.78 is 5.76. The number of furan rings is 1. The lowest BCUT2D eigenvalue weighted by molar-refractivity contribution is -0.117. The Morgan fingerprint density at radius 2 is 1.89 bits per heavy atom. The first-order valence-electron chi connectivity index (χ1n) is 9.54. The number of amides is 2. The first-order chi connectivity index (χ1) is 13.1. The van der Waals surface area contributed by atoms with E-state index >= 15 is 0 Å². The zero-order valence-electron chi connectivity index (χ0n) is 15.4. The molecule has 0 saturated heterocycles. The van der Waals surface area contributed by atoms with E-state index in [0.717, 1.165) is 29.9 Å². The molecule has 2 atom stereocenters. The van der Waals surface area contributed by atoms with E-state index < -0.39 is 0 Å². The Balaban J connectivity index is 1.23. The molecule has 140 valence electrons. The largest absolute Gasteiger partial charge is 0.461 e. The molecule has 2 aromatic rings. The minimum Gasteiger partial charge on any atom is -0.461 e. The lowest BCUT2D eigenvalue weighted by Crippen LogP contribution is -2.20. The van der Waals surface area contributed by atoms with E-state index in [1.54, 1.807) is 6.08 Å². The van der Waals surface area contributed by atoms with Gasteiger partial charge in [-0.15, -0.1) is 0 Å². The van der Waals surface area contributed by atoms with E-state index in [1.165, 1.54) is 12.5 Å². The number of rotatable bonds is 7. The highest BCUT2D eigenvalue weighted by Crippen LogP contribution is 2.47. The van der Waals surface area contributed by atoms with Crippen molar-refractivity contribution in [3.8, 4) is 0 Å². The van der Waals surface area contributed by atoms with Crippen molar-refractivity contribution in [3.05, 3.63) is 59.6 Å². The summed E-state index contributed by atoms with van der Waals surface area (Å²) in [6.45, 7) is 2.65. The van der Waals surface area contributed by atoms with Crippen molar-refractivity contribution in [3.63, 3.8) is 0 Å².